The molecule has 1 aromatic carbocycles. The third-order valence-corrected chi connectivity index (χ3v) is 4.97. The molecule has 1 atom stereocenters. The van der Waals surface area contributed by atoms with E-state index < -0.39 is 0 Å². The highest BCUT2D eigenvalue weighted by Gasteiger charge is 2.40. The third-order valence-electron chi connectivity index (χ3n) is 4.74. The zero-order chi connectivity index (χ0) is 14.8. The van der Waals surface area contributed by atoms with Gasteiger partial charge in [0.25, 0.3) is 0 Å². The number of hydrogen-bond donors (Lipinski definition) is 1. The molecule has 20 heavy (non-hydrogen) atoms. The first kappa shape index (κ1) is 15.7. The number of rotatable bonds is 3. The van der Waals surface area contributed by atoms with Crippen molar-refractivity contribution >= 4 is 11.6 Å². The van der Waals surface area contributed by atoms with E-state index in [-0.39, 0.29) is 17.4 Å². The first-order valence-electron chi connectivity index (χ1n) is 7.35. The Morgan fingerprint density at radius 2 is 1.80 bits per heavy atom. The predicted octanol–water partition coefficient (Wildman–Crippen LogP) is 4.13. The van der Waals surface area contributed by atoms with Crippen LogP contribution in [0.1, 0.15) is 50.1 Å². The lowest BCUT2D eigenvalue weighted by molar-refractivity contribution is 0.0954. The molecular weight excluding hydrogens is 275 g/mol. The van der Waals surface area contributed by atoms with Gasteiger partial charge < -0.3 is 10.6 Å². The maximum Gasteiger partial charge on any atom is 0.129 e. The van der Waals surface area contributed by atoms with Crippen molar-refractivity contribution in [3.8, 4) is 0 Å². The van der Waals surface area contributed by atoms with Crippen LogP contribution in [0.3, 0.4) is 0 Å². The average molecular weight is 299 g/mol. The average Bonchev–Trinajstić information content (AvgIpc) is 2.64. The minimum absolute atomic E-state index is 0.162. The van der Waals surface area contributed by atoms with E-state index in [1.165, 1.54) is 18.9 Å². The van der Waals surface area contributed by atoms with E-state index in [1.807, 2.05) is 0 Å². The van der Waals surface area contributed by atoms with Gasteiger partial charge in [-0.3, -0.25) is 0 Å². The van der Waals surface area contributed by atoms with Gasteiger partial charge in [0.1, 0.15) is 5.82 Å². The summed E-state index contributed by atoms with van der Waals surface area (Å²) >= 11 is 5.84. The maximum atomic E-state index is 14.2. The molecule has 4 heteroatoms. The SMILES string of the molecule is CN(C)C1(C(N)c2ccc(Cl)cc2F)CCCCCC1. The second-order valence-corrected chi connectivity index (χ2v) is 6.49. The molecular formula is C16H24ClFN2. The first-order valence-corrected chi connectivity index (χ1v) is 7.73. The van der Waals surface area contributed by atoms with Gasteiger partial charge in [0.05, 0.1) is 6.04 Å². The Labute approximate surface area is 126 Å². The van der Waals surface area contributed by atoms with Gasteiger partial charge in [0.15, 0.2) is 0 Å². The van der Waals surface area contributed by atoms with Crippen LogP contribution in [0.25, 0.3) is 0 Å². The van der Waals surface area contributed by atoms with E-state index in [4.69, 9.17) is 17.3 Å². The van der Waals surface area contributed by atoms with Gasteiger partial charge in [0.2, 0.25) is 0 Å². The molecule has 0 radical (unpaired) electrons. The van der Waals surface area contributed by atoms with Gasteiger partial charge in [-0.2, -0.15) is 0 Å². The molecule has 112 valence electrons. The van der Waals surface area contributed by atoms with Crippen LogP contribution in [0.5, 0.6) is 0 Å². The van der Waals surface area contributed by atoms with Crippen LogP contribution >= 0.6 is 11.6 Å². The number of nitrogens with zero attached hydrogens (tertiary/aromatic N) is 1. The van der Waals surface area contributed by atoms with Crippen molar-refractivity contribution in [2.75, 3.05) is 14.1 Å². The van der Waals surface area contributed by atoms with Gasteiger partial charge in [-0.1, -0.05) is 43.4 Å². The summed E-state index contributed by atoms with van der Waals surface area (Å²) in [5.74, 6) is -0.296. The van der Waals surface area contributed by atoms with Crippen molar-refractivity contribution < 1.29 is 4.39 Å². The second-order valence-electron chi connectivity index (χ2n) is 6.06. The van der Waals surface area contributed by atoms with E-state index in [0.29, 0.717) is 10.6 Å². The number of benzene rings is 1. The van der Waals surface area contributed by atoms with Gasteiger partial charge in [-0.05, 0) is 39.1 Å². The van der Waals surface area contributed by atoms with E-state index >= 15 is 0 Å². The second kappa shape index (κ2) is 6.42. The highest BCUT2D eigenvalue weighted by Crippen LogP contribution is 2.40. The van der Waals surface area contributed by atoms with Crippen molar-refractivity contribution in [1.82, 2.24) is 4.90 Å². The molecule has 1 fully saturated rings. The van der Waals surface area contributed by atoms with Crippen LogP contribution in [-0.4, -0.2) is 24.5 Å². The molecule has 1 aliphatic rings. The molecule has 0 heterocycles. The van der Waals surface area contributed by atoms with Crippen LogP contribution in [0, 0.1) is 5.82 Å². The summed E-state index contributed by atoms with van der Waals surface area (Å²) in [4.78, 5) is 2.19. The molecule has 0 spiro atoms. The summed E-state index contributed by atoms with van der Waals surface area (Å²) in [6, 6.07) is 4.49. The zero-order valence-corrected chi connectivity index (χ0v) is 13.1. The fourth-order valence-electron chi connectivity index (χ4n) is 3.42. The van der Waals surface area contributed by atoms with E-state index in [1.54, 1.807) is 12.1 Å². The van der Waals surface area contributed by atoms with Crippen molar-refractivity contribution in [1.29, 1.82) is 0 Å². The van der Waals surface area contributed by atoms with Crippen LogP contribution in [-0.2, 0) is 0 Å². The monoisotopic (exact) mass is 298 g/mol. The molecule has 1 aromatic rings. The number of halogens is 2. The van der Waals surface area contributed by atoms with Crippen molar-refractivity contribution in [3.05, 3.63) is 34.6 Å². The van der Waals surface area contributed by atoms with Crippen molar-refractivity contribution in [2.45, 2.75) is 50.1 Å². The quantitative estimate of drug-likeness (QED) is 0.850. The summed E-state index contributed by atoms with van der Waals surface area (Å²) in [6.07, 6.45) is 6.82. The Morgan fingerprint density at radius 1 is 1.20 bits per heavy atom. The molecule has 0 amide bonds. The molecule has 2 nitrogen and oxygen atoms in total. The first-order chi connectivity index (χ1) is 9.47. The van der Waals surface area contributed by atoms with Crippen molar-refractivity contribution in [2.24, 2.45) is 5.73 Å². The summed E-state index contributed by atoms with van der Waals surface area (Å²) in [5.41, 5.74) is 6.91. The molecule has 0 aromatic heterocycles. The predicted molar refractivity (Wildman–Crippen MR) is 82.5 cm³/mol. The standard InChI is InChI=1S/C16H24ClFN2/c1-20(2)16(9-5-3-4-6-10-16)15(19)13-8-7-12(17)11-14(13)18/h7-8,11,15H,3-6,9-10,19H2,1-2H3. The minimum atomic E-state index is -0.326. The molecule has 1 unspecified atom stereocenters. The van der Waals surface area contributed by atoms with Crippen LogP contribution in [0.4, 0.5) is 4.39 Å². The summed E-state index contributed by atoms with van der Waals surface area (Å²) in [6.45, 7) is 0. The highest BCUT2D eigenvalue weighted by atomic mass is 35.5. The van der Waals surface area contributed by atoms with Crippen LogP contribution in [0.15, 0.2) is 18.2 Å². The summed E-state index contributed by atoms with van der Waals surface area (Å²) in [7, 11) is 4.11. The number of nitrogens with two attached hydrogens (primary N) is 1. The Balaban J connectivity index is 2.37. The third kappa shape index (κ3) is 3.00. The summed E-state index contributed by atoms with van der Waals surface area (Å²) in [5, 5.41) is 0.415. The zero-order valence-electron chi connectivity index (χ0n) is 12.3. The van der Waals surface area contributed by atoms with Crippen LogP contribution < -0.4 is 5.73 Å². The van der Waals surface area contributed by atoms with Crippen molar-refractivity contribution in [3.63, 3.8) is 0 Å². The number of likely N-dealkylation sites (N-methyl/N-ethyl adjacent to an activating group) is 1. The maximum absolute atomic E-state index is 14.2. The summed E-state index contributed by atoms with van der Waals surface area (Å²) < 4.78 is 14.2. The molecule has 1 aliphatic carbocycles. The molecule has 0 aliphatic heterocycles. The molecule has 2 rings (SSSR count). The molecule has 2 N–H and O–H groups in total. The van der Waals surface area contributed by atoms with Gasteiger partial charge in [-0.25, -0.2) is 4.39 Å². The Bertz CT molecular complexity index is 454. The minimum Gasteiger partial charge on any atom is -0.322 e. The van der Waals surface area contributed by atoms with Gasteiger partial charge in [-0.15, -0.1) is 0 Å². The normalized spacial score (nSPS) is 20.7. The van der Waals surface area contributed by atoms with E-state index in [0.717, 1.165) is 25.7 Å². The number of hydrogen-bond acceptors (Lipinski definition) is 2. The lowest BCUT2D eigenvalue weighted by Crippen LogP contribution is -2.52. The topological polar surface area (TPSA) is 29.3 Å². The van der Waals surface area contributed by atoms with E-state index in [2.05, 4.69) is 19.0 Å². The van der Waals surface area contributed by atoms with Crippen LogP contribution in [0.2, 0.25) is 5.02 Å². The fraction of sp³-hybridized carbons (Fsp3) is 0.625. The molecule has 0 bridgehead atoms. The Morgan fingerprint density at radius 3 is 2.30 bits per heavy atom. The van der Waals surface area contributed by atoms with E-state index in [9.17, 15) is 4.39 Å². The van der Waals surface area contributed by atoms with Gasteiger partial charge >= 0.3 is 0 Å². The lowest BCUT2D eigenvalue weighted by atomic mass is 9.78. The fourth-order valence-corrected chi connectivity index (χ4v) is 3.58. The smallest absolute Gasteiger partial charge is 0.129 e. The Kier molecular flexibility index (Phi) is 5.05. The molecule has 1 saturated carbocycles. The lowest BCUT2D eigenvalue weighted by Gasteiger charge is -2.44. The highest BCUT2D eigenvalue weighted by molar-refractivity contribution is 6.30. The van der Waals surface area contributed by atoms with Gasteiger partial charge in [0, 0.05) is 16.1 Å². The largest absolute Gasteiger partial charge is 0.322 e. The Hall–Kier alpha value is -0.640. The molecule has 0 saturated heterocycles.